The molecule has 0 saturated heterocycles. The number of benzene rings is 1. The Kier molecular flexibility index (Phi) is 7.06. The maximum atomic E-state index is 10.0. The first-order valence-corrected chi connectivity index (χ1v) is 6.90. The lowest BCUT2D eigenvalue weighted by molar-refractivity contribution is -0.0325. The Morgan fingerprint density at radius 3 is 2.21 bits per heavy atom. The molecule has 3 nitrogen and oxygen atoms in total. The Hall–Kier alpha value is -0.900. The van der Waals surface area contributed by atoms with Crippen molar-refractivity contribution in [2.24, 2.45) is 5.92 Å². The van der Waals surface area contributed by atoms with E-state index < -0.39 is 6.10 Å². The maximum Gasteiger partial charge on any atom is 0.102 e. The monoisotopic (exact) mass is 266 g/mol. The molecule has 0 fully saturated rings. The second kappa shape index (κ2) is 8.31. The first kappa shape index (κ1) is 16.2. The lowest BCUT2D eigenvalue weighted by atomic mass is 10.0. The second-order valence-electron chi connectivity index (χ2n) is 5.45. The summed E-state index contributed by atoms with van der Waals surface area (Å²) in [6, 6.07) is 8.12. The highest BCUT2D eigenvalue weighted by Crippen LogP contribution is 2.16. The van der Waals surface area contributed by atoms with Crippen LogP contribution in [-0.4, -0.2) is 31.5 Å². The highest BCUT2D eigenvalue weighted by molar-refractivity contribution is 5.24. The van der Waals surface area contributed by atoms with Crippen molar-refractivity contribution >= 4 is 0 Å². The molecule has 1 aromatic carbocycles. The Morgan fingerprint density at radius 2 is 1.68 bits per heavy atom. The van der Waals surface area contributed by atoms with Crippen LogP contribution in [0.5, 0.6) is 0 Å². The van der Waals surface area contributed by atoms with E-state index in [2.05, 4.69) is 26.0 Å². The van der Waals surface area contributed by atoms with E-state index in [-0.39, 0.29) is 6.10 Å². The third kappa shape index (κ3) is 6.19. The molecule has 3 heteroatoms. The van der Waals surface area contributed by atoms with Gasteiger partial charge in [0.2, 0.25) is 0 Å². The van der Waals surface area contributed by atoms with Crippen LogP contribution in [0.1, 0.15) is 38.0 Å². The van der Waals surface area contributed by atoms with Crippen LogP contribution < -0.4 is 0 Å². The topological polar surface area (TPSA) is 38.7 Å². The van der Waals surface area contributed by atoms with Crippen molar-refractivity contribution in [1.82, 2.24) is 0 Å². The van der Waals surface area contributed by atoms with Gasteiger partial charge in [-0.2, -0.15) is 0 Å². The predicted octanol–water partition coefficient (Wildman–Crippen LogP) is 2.97. The fraction of sp³-hybridized carbons (Fsp3) is 0.625. The molecule has 1 N–H and O–H groups in total. The lowest BCUT2D eigenvalue weighted by Gasteiger charge is -2.16. The van der Waals surface area contributed by atoms with Gasteiger partial charge in [0, 0.05) is 7.11 Å². The molecular weight excluding hydrogens is 240 g/mol. The fourth-order valence-corrected chi connectivity index (χ4v) is 1.98. The number of rotatable bonds is 8. The van der Waals surface area contributed by atoms with Gasteiger partial charge < -0.3 is 14.6 Å². The number of aliphatic hydroxyl groups excluding tert-OH is 1. The normalized spacial score (nSPS) is 14.6. The molecule has 1 rings (SSSR count). The Morgan fingerprint density at radius 1 is 1.05 bits per heavy atom. The third-order valence-corrected chi connectivity index (χ3v) is 2.95. The van der Waals surface area contributed by atoms with Gasteiger partial charge in [0.1, 0.15) is 6.10 Å². The molecule has 0 bridgehead atoms. The third-order valence-electron chi connectivity index (χ3n) is 2.95. The summed E-state index contributed by atoms with van der Waals surface area (Å²) in [7, 11) is 1.64. The van der Waals surface area contributed by atoms with Gasteiger partial charge in [0.05, 0.1) is 19.3 Å². The average molecular weight is 266 g/mol. The molecule has 1 aromatic rings. The van der Waals surface area contributed by atoms with Gasteiger partial charge in [-0.1, -0.05) is 38.1 Å². The van der Waals surface area contributed by atoms with Crippen molar-refractivity contribution in [2.75, 3.05) is 20.3 Å². The molecule has 0 radical (unpaired) electrons. The zero-order valence-corrected chi connectivity index (χ0v) is 12.4. The largest absolute Gasteiger partial charge is 0.386 e. The quantitative estimate of drug-likeness (QED) is 0.786. The molecule has 2 unspecified atom stereocenters. The van der Waals surface area contributed by atoms with E-state index in [0.717, 1.165) is 12.0 Å². The summed E-state index contributed by atoms with van der Waals surface area (Å²) >= 11 is 0. The van der Waals surface area contributed by atoms with E-state index in [1.807, 2.05) is 19.1 Å². The minimum atomic E-state index is -0.576. The minimum Gasteiger partial charge on any atom is -0.386 e. The SMILES string of the molecule is COCC(C)OCC(O)c1ccc(CC(C)C)cc1. The summed E-state index contributed by atoms with van der Waals surface area (Å²) in [5.74, 6) is 0.647. The van der Waals surface area contributed by atoms with E-state index in [4.69, 9.17) is 9.47 Å². The standard InChI is InChI=1S/C16H26O3/c1-12(2)9-14-5-7-15(8-6-14)16(17)11-19-13(3)10-18-4/h5-8,12-13,16-17H,9-11H2,1-4H3. The molecule has 0 amide bonds. The van der Waals surface area contributed by atoms with Gasteiger partial charge in [-0.25, -0.2) is 0 Å². The predicted molar refractivity (Wildman–Crippen MR) is 77.2 cm³/mol. The number of ether oxygens (including phenoxy) is 2. The molecule has 0 spiro atoms. The summed E-state index contributed by atoms with van der Waals surface area (Å²) in [6.07, 6.45) is 0.491. The highest BCUT2D eigenvalue weighted by atomic mass is 16.5. The Balaban J connectivity index is 2.46. The Bertz CT molecular complexity index is 346. The van der Waals surface area contributed by atoms with Gasteiger partial charge in [-0.05, 0) is 30.4 Å². The van der Waals surface area contributed by atoms with Crippen molar-refractivity contribution in [2.45, 2.75) is 39.4 Å². The van der Waals surface area contributed by atoms with Crippen LogP contribution in [0.2, 0.25) is 0 Å². The van der Waals surface area contributed by atoms with Gasteiger partial charge in [0.15, 0.2) is 0 Å². The lowest BCUT2D eigenvalue weighted by Crippen LogP contribution is -2.18. The number of hydrogen-bond donors (Lipinski definition) is 1. The molecule has 0 aliphatic heterocycles. The van der Waals surface area contributed by atoms with Gasteiger partial charge in [0.25, 0.3) is 0 Å². The van der Waals surface area contributed by atoms with Crippen molar-refractivity contribution < 1.29 is 14.6 Å². The molecule has 19 heavy (non-hydrogen) atoms. The van der Waals surface area contributed by atoms with Crippen LogP contribution >= 0.6 is 0 Å². The molecule has 0 heterocycles. The summed E-state index contributed by atoms with van der Waals surface area (Å²) in [6.45, 7) is 7.18. The Labute approximate surface area is 116 Å². The summed E-state index contributed by atoms with van der Waals surface area (Å²) in [5.41, 5.74) is 2.21. The molecular formula is C16H26O3. The summed E-state index contributed by atoms with van der Waals surface area (Å²) in [5, 5.41) is 10.0. The van der Waals surface area contributed by atoms with E-state index in [0.29, 0.717) is 19.1 Å². The van der Waals surface area contributed by atoms with E-state index >= 15 is 0 Å². The number of aliphatic hydroxyl groups is 1. The van der Waals surface area contributed by atoms with Crippen molar-refractivity contribution in [3.8, 4) is 0 Å². The maximum absolute atomic E-state index is 10.0. The van der Waals surface area contributed by atoms with Crippen LogP contribution in [0.15, 0.2) is 24.3 Å². The zero-order valence-electron chi connectivity index (χ0n) is 12.4. The minimum absolute atomic E-state index is 0.000126. The van der Waals surface area contributed by atoms with Gasteiger partial charge in [-0.3, -0.25) is 0 Å². The first-order chi connectivity index (χ1) is 9.02. The van der Waals surface area contributed by atoms with Crippen LogP contribution in [0.25, 0.3) is 0 Å². The smallest absolute Gasteiger partial charge is 0.102 e. The van der Waals surface area contributed by atoms with Crippen molar-refractivity contribution in [1.29, 1.82) is 0 Å². The molecule has 108 valence electrons. The second-order valence-corrected chi connectivity index (χ2v) is 5.45. The molecule has 0 aromatic heterocycles. The van der Waals surface area contributed by atoms with Crippen LogP contribution in [0.3, 0.4) is 0 Å². The summed E-state index contributed by atoms with van der Waals surface area (Å²) < 4.78 is 10.5. The van der Waals surface area contributed by atoms with Crippen molar-refractivity contribution in [3.63, 3.8) is 0 Å². The van der Waals surface area contributed by atoms with Crippen LogP contribution in [-0.2, 0) is 15.9 Å². The first-order valence-electron chi connectivity index (χ1n) is 6.90. The van der Waals surface area contributed by atoms with Gasteiger partial charge >= 0.3 is 0 Å². The zero-order chi connectivity index (χ0) is 14.3. The molecule has 2 atom stereocenters. The van der Waals surface area contributed by atoms with Gasteiger partial charge in [-0.15, -0.1) is 0 Å². The van der Waals surface area contributed by atoms with Crippen LogP contribution in [0.4, 0.5) is 0 Å². The average Bonchev–Trinajstić information content (AvgIpc) is 2.36. The van der Waals surface area contributed by atoms with E-state index in [9.17, 15) is 5.11 Å². The van der Waals surface area contributed by atoms with E-state index in [1.165, 1.54) is 5.56 Å². The number of methoxy groups -OCH3 is 1. The van der Waals surface area contributed by atoms with E-state index in [1.54, 1.807) is 7.11 Å². The van der Waals surface area contributed by atoms with Crippen LogP contribution in [0, 0.1) is 5.92 Å². The highest BCUT2D eigenvalue weighted by Gasteiger charge is 2.10. The fourth-order valence-electron chi connectivity index (χ4n) is 1.98. The molecule has 0 saturated carbocycles. The molecule has 0 aliphatic rings. The van der Waals surface area contributed by atoms with Crippen molar-refractivity contribution in [3.05, 3.63) is 35.4 Å². The molecule has 0 aliphatic carbocycles. The summed E-state index contributed by atoms with van der Waals surface area (Å²) in [4.78, 5) is 0. The number of hydrogen-bond acceptors (Lipinski definition) is 3.